The van der Waals surface area contributed by atoms with Gasteiger partial charge in [-0.25, -0.2) is 0 Å². The molecule has 0 N–H and O–H groups in total. The Morgan fingerprint density at radius 1 is 1.29 bits per heavy atom. The van der Waals surface area contributed by atoms with Gasteiger partial charge in [0.05, 0.1) is 0 Å². The van der Waals surface area contributed by atoms with Gasteiger partial charge in [0.1, 0.15) is 0 Å². The molecule has 0 aromatic heterocycles. The second kappa shape index (κ2) is 4.56. The summed E-state index contributed by atoms with van der Waals surface area (Å²) in [6.07, 6.45) is 0. The minimum atomic E-state index is -3.09. The molecule has 0 nitrogen and oxygen atoms in total. The van der Waals surface area contributed by atoms with Crippen molar-refractivity contribution in [2.45, 2.75) is 17.7 Å². The maximum atomic E-state index is 12.3. The van der Waals surface area contributed by atoms with Crippen molar-refractivity contribution in [1.29, 1.82) is 0 Å². The van der Waals surface area contributed by atoms with Crippen LogP contribution in [-0.4, -0.2) is 4.83 Å². The van der Waals surface area contributed by atoms with Gasteiger partial charge in [-0.05, 0) is 18.4 Å². The van der Waals surface area contributed by atoms with Crippen molar-refractivity contribution in [2.75, 3.05) is 0 Å². The molecule has 1 aromatic carbocycles. The SMILES string of the molecule is CC(C#CC(F)(F)Br)c1ccccc1. The van der Waals surface area contributed by atoms with Crippen LogP contribution in [0.4, 0.5) is 8.78 Å². The monoisotopic (exact) mass is 258 g/mol. The molecule has 0 aliphatic carbocycles. The molecule has 74 valence electrons. The fraction of sp³-hybridized carbons (Fsp3) is 0.273. The van der Waals surface area contributed by atoms with Crippen LogP contribution in [-0.2, 0) is 0 Å². The summed E-state index contributed by atoms with van der Waals surface area (Å²) in [6, 6.07) is 9.33. The second-order valence-electron chi connectivity index (χ2n) is 2.90. The van der Waals surface area contributed by atoms with Gasteiger partial charge in [-0.3, -0.25) is 0 Å². The molecule has 0 aliphatic rings. The van der Waals surface area contributed by atoms with E-state index in [9.17, 15) is 8.78 Å². The molecule has 0 saturated carbocycles. The topological polar surface area (TPSA) is 0 Å². The average molecular weight is 259 g/mol. The quantitative estimate of drug-likeness (QED) is 0.531. The standard InChI is InChI=1S/C11H9BrF2/c1-9(7-8-11(12,13)14)10-5-3-2-4-6-10/h2-6,9H,1H3. The van der Waals surface area contributed by atoms with E-state index in [0.717, 1.165) is 5.56 Å². The number of halogens is 3. The van der Waals surface area contributed by atoms with E-state index in [4.69, 9.17) is 0 Å². The molecule has 3 heteroatoms. The molecule has 0 bridgehead atoms. The van der Waals surface area contributed by atoms with Crippen LogP contribution in [0, 0.1) is 11.8 Å². The minimum Gasteiger partial charge on any atom is -0.180 e. The van der Waals surface area contributed by atoms with Crippen LogP contribution in [0.25, 0.3) is 0 Å². The normalized spacial score (nSPS) is 12.9. The molecule has 1 unspecified atom stereocenters. The van der Waals surface area contributed by atoms with Crippen LogP contribution < -0.4 is 0 Å². The van der Waals surface area contributed by atoms with E-state index in [0.29, 0.717) is 0 Å². The van der Waals surface area contributed by atoms with Gasteiger partial charge in [0, 0.05) is 21.8 Å². The van der Waals surface area contributed by atoms with E-state index in [1.54, 1.807) is 6.92 Å². The molecule has 1 aromatic rings. The Morgan fingerprint density at radius 3 is 2.36 bits per heavy atom. The molecule has 0 radical (unpaired) electrons. The Balaban J connectivity index is 2.76. The van der Waals surface area contributed by atoms with Gasteiger partial charge >= 0.3 is 4.83 Å². The first kappa shape index (κ1) is 11.2. The minimum absolute atomic E-state index is 0.181. The molecule has 0 fully saturated rings. The van der Waals surface area contributed by atoms with Crippen LogP contribution in [0.1, 0.15) is 18.4 Å². The Hall–Kier alpha value is -0.880. The van der Waals surface area contributed by atoms with E-state index in [2.05, 4.69) is 21.9 Å². The maximum Gasteiger partial charge on any atom is 0.363 e. The first-order valence-corrected chi connectivity index (χ1v) is 4.93. The zero-order chi connectivity index (χ0) is 10.6. The van der Waals surface area contributed by atoms with Crippen molar-refractivity contribution >= 4 is 15.9 Å². The van der Waals surface area contributed by atoms with Gasteiger partial charge in [-0.2, -0.15) is 8.78 Å². The molecular formula is C11H9BrF2. The summed E-state index contributed by atoms with van der Waals surface area (Å²) in [5.41, 5.74) is 0.941. The van der Waals surface area contributed by atoms with Crippen molar-refractivity contribution in [1.82, 2.24) is 0 Å². The summed E-state index contributed by atoms with van der Waals surface area (Å²) in [7, 11) is 0. The molecule has 0 spiro atoms. The summed E-state index contributed by atoms with van der Waals surface area (Å²) in [5.74, 6) is 4.16. The van der Waals surface area contributed by atoms with Gasteiger partial charge < -0.3 is 0 Å². The lowest BCUT2D eigenvalue weighted by Crippen LogP contribution is -2.00. The van der Waals surface area contributed by atoms with Crippen molar-refractivity contribution in [3.63, 3.8) is 0 Å². The van der Waals surface area contributed by atoms with Gasteiger partial charge in [0.25, 0.3) is 0 Å². The molecule has 1 atom stereocenters. The molecule has 0 aliphatic heterocycles. The van der Waals surface area contributed by atoms with E-state index >= 15 is 0 Å². The predicted octanol–water partition coefficient (Wildman–Crippen LogP) is 3.78. The van der Waals surface area contributed by atoms with Gasteiger partial charge in [-0.15, -0.1) is 0 Å². The molecular weight excluding hydrogens is 250 g/mol. The summed E-state index contributed by atoms with van der Waals surface area (Å²) in [6.45, 7) is 1.79. The lowest BCUT2D eigenvalue weighted by Gasteiger charge is -2.03. The Bertz CT molecular complexity index is 343. The summed E-state index contributed by atoms with van der Waals surface area (Å²) in [5, 5.41) is 0. The number of alkyl halides is 3. The summed E-state index contributed by atoms with van der Waals surface area (Å²) in [4.78, 5) is -3.09. The Morgan fingerprint density at radius 2 is 1.86 bits per heavy atom. The predicted molar refractivity (Wildman–Crippen MR) is 56.5 cm³/mol. The first-order chi connectivity index (χ1) is 6.49. The highest BCUT2D eigenvalue weighted by atomic mass is 79.9. The van der Waals surface area contributed by atoms with Crippen LogP contribution in [0.2, 0.25) is 0 Å². The van der Waals surface area contributed by atoms with Crippen LogP contribution >= 0.6 is 15.9 Å². The molecule has 14 heavy (non-hydrogen) atoms. The lowest BCUT2D eigenvalue weighted by molar-refractivity contribution is 0.182. The second-order valence-corrected chi connectivity index (χ2v) is 3.90. The summed E-state index contributed by atoms with van der Waals surface area (Å²) >= 11 is 2.17. The average Bonchev–Trinajstić information content (AvgIpc) is 2.14. The largest absolute Gasteiger partial charge is 0.363 e. The fourth-order valence-electron chi connectivity index (χ4n) is 1.02. The third-order valence-corrected chi connectivity index (χ3v) is 1.93. The molecule has 0 saturated heterocycles. The van der Waals surface area contributed by atoms with Crippen molar-refractivity contribution in [3.05, 3.63) is 35.9 Å². The van der Waals surface area contributed by atoms with Crippen LogP contribution in [0.5, 0.6) is 0 Å². The number of hydrogen-bond acceptors (Lipinski definition) is 0. The highest BCUT2D eigenvalue weighted by molar-refractivity contribution is 9.10. The lowest BCUT2D eigenvalue weighted by atomic mass is 10.0. The van der Waals surface area contributed by atoms with Crippen molar-refractivity contribution in [3.8, 4) is 11.8 Å². The third-order valence-electron chi connectivity index (χ3n) is 1.73. The van der Waals surface area contributed by atoms with Gasteiger partial charge in [0.15, 0.2) is 0 Å². The maximum absolute atomic E-state index is 12.3. The van der Waals surface area contributed by atoms with E-state index in [-0.39, 0.29) is 5.92 Å². The van der Waals surface area contributed by atoms with E-state index in [1.165, 1.54) is 0 Å². The van der Waals surface area contributed by atoms with E-state index in [1.807, 2.05) is 36.3 Å². The zero-order valence-corrected chi connectivity index (χ0v) is 9.18. The number of rotatable bonds is 1. The van der Waals surface area contributed by atoms with E-state index < -0.39 is 4.83 Å². The fourth-order valence-corrected chi connectivity index (χ4v) is 1.13. The molecule has 0 heterocycles. The highest BCUT2D eigenvalue weighted by Crippen LogP contribution is 2.21. The number of hydrogen-bond donors (Lipinski definition) is 0. The molecule has 1 rings (SSSR count). The highest BCUT2D eigenvalue weighted by Gasteiger charge is 2.19. The zero-order valence-electron chi connectivity index (χ0n) is 7.60. The Kier molecular flexibility index (Phi) is 3.65. The van der Waals surface area contributed by atoms with Crippen LogP contribution in [0.15, 0.2) is 30.3 Å². The van der Waals surface area contributed by atoms with Crippen molar-refractivity contribution in [2.24, 2.45) is 0 Å². The van der Waals surface area contributed by atoms with Crippen molar-refractivity contribution < 1.29 is 8.78 Å². The number of benzene rings is 1. The third kappa shape index (κ3) is 3.89. The van der Waals surface area contributed by atoms with Crippen LogP contribution in [0.3, 0.4) is 0 Å². The first-order valence-electron chi connectivity index (χ1n) is 4.13. The molecule has 0 amide bonds. The van der Waals surface area contributed by atoms with Gasteiger partial charge in [0.2, 0.25) is 0 Å². The van der Waals surface area contributed by atoms with Gasteiger partial charge in [-0.1, -0.05) is 36.3 Å². The Labute approximate surface area is 90.5 Å². The smallest absolute Gasteiger partial charge is 0.180 e. The summed E-state index contributed by atoms with van der Waals surface area (Å²) < 4.78 is 24.7.